The topological polar surface area (TPSA) is 15.3 Å². The van der Waals surface area contributed by atoms with Crippen LogP contribution in [0, 0.1) is 0 Å². The van der Waals surface area contributed by atoms with Crippen molar-refractivity contribution in [1.82, 2.24) is 10.2 Å². The fourth-order valence-electron chi connectivity index (χ4n) is 4.83. The van der Waals surface area contributed by atoms with Gasteiger partial charge in [0.25, 0.3) is 0 Å². The van der Waals surface area contributed by atoms with Gasteiger partial charge in [-0.15, -0.1) is 11.3 Å². The molecule has 2 heterocycles. The predicted molar refractivity (Wildman–Crippen MR) is 90.0 cm³/mol. The smallest absolute Gasteiger partial charge is 0.0363 e. The number of rotatable bonds is 1. The minimum absolute atomic E-state index is 0.429. The number of piperazine rings is 1. The van der Waals surface area contributed by atoms with Gasteiger partial charge < -0.3 is 5.32 Å². The van der Waals surface area contributed by atoms with E-state index in [9.17, 15) is 0 Å². The van der Waals surface area contributed by atoms with Crippen LogP contribution in [-0.4, -0.2) is 29.6 Å². The molecule has 2 nitrogen and oxygen atoms in total. The van der Waals surface area contributed by atoms with Gasteiger partial charge in [-0.2, -0.15) is 0 Å². The van der Waals surface area contributed by atoms with Crippen molar-refractivity contribution in [3.05, 3.63) is 21.9 Å². The molecule has 1 saturated heterocycles. The van der Waals surface area contributed by atoms with E-state index >= 15 is 0 Å². The third kappa shape index (κ3) is 2.58. The molecule has 1 spiro atoms. The SMILES string of the molecule is CC1CNC2(CCCCC2)CN1C1CCCc2sccc21. The third-order valence-corrected chi connectivity index (χ3v) is 7.05. The van der Waals surface area contributed by atoms with Crippen LogP contribution in [0.3, 0.4) is 0 Å². The molecule has 1 aliphatic heterocycles. The first-order chi connectivity index (χ1) is 10.3. The van der Waals surface area contributed by atoms with Gasteiger partial charge in [-0.3, -0.25) is 4.90 Å². The van der Waals surface area contributed by atoms with Crippen LogP contribution in [-0.2, 0) is 6.42 Å². The Bertz CT molecular complexity index is 489. The zero-order chi connectivity index (χ0) is 14.3. The maximum Gasteiger partial charge on any atom is 0.0363 e. The van der Waals surface area contributed by atoms with Crippen molar-refractivity contribution in [2.75, 3.05) is 13.1 Å². The molecule has 0 amide bonds. The molecular weight excluding hydrogens is 276 g/mol. The van der Waals surface area contributed by atoms with Crippen molar-refractivity contribution >= 4 is 11.3 Å². The Hall–Kier alpha value is -0.380. The van der Waals surface area contributed by atoms with E-state index < -0.39 is 0 Å². The van der Waals surface area contributed by atoms with E-state index in [-0.39, 0.29) is 0 Å². The fourth-order valence-corrected chi connectivity index (χ4v) is 5.81. The van der Waals surface area contributed by atoms with E-state index in [4.69, 9.17) is 0 Å². The van der Waals surface area contributed by atoms with Crippen molar-refractivity contribution in [2.45, 2.75) is 75.9 Å². The molecule has 0 radical (unpaired) electrons. The summed E-state index contributed by atoms with van der Waals surface area (Å²) in [4.78, 5) is 4.52. The molecule has 21 heavy (non-hydrogen) atoms. The number of fused-ring (bicyclic) bond motifs is 1. The molecular formula is C18H28N2S. The number of hydrogen-bond donors (Lipinski definition) is 1. The lowest BCUT2D eigenvalue weighted by Gasteiger charge is -2.52. The van der Waals surface area contributed by atoms with E-state index in [0.717, 1.165) is 0 Å². The highest BCUT2D eigenvalue weighted by Gasteiger charge is 2.42. The Morgan fingerprint density at radius 2 is 2.10 bits per heavy atom. The van der Waals surface area contributed by atoms with Gasteiger partial charge >= 0.3 is 0 Å². The highest BCUT2D eigenvalue weighted by molar-refractivity contribution is 7.10. The number of nitrogens with zero attached hydrogens (tertiary/aromatic N) is 1. The van der Waals surface area contributed by atoms with Crippen LogP contribution in [0.4, 0.5) is 0 Å². The van der Waals surface area contributed by atoms with E-state index in [2.05, 4.69) is 28.6 Å². The average molecular weight is 305 g/mol. The van der Waals surface area contributed by atoms with Crippen molar-refractivity contribution < 1.29 is 0 Å². The quantitative estimate of drug-likeness (QED) is 0.839. The van der Waals surface area contributed by atoms with Crippen LogP contribution in [0.1, 0.15) is 68.4 Å². The summed E-state index contributed by atoms with van der Waals surface area (Å²) in [6, 6.07) is 3.77. The molecule has 2 atom stereocenters. The second kappa shape index (κ2) is 5.68. The molecule has 1 aromatic rings. The first-order valence-corrected chi connectivity index (χ1v) is 9.72. The van der Waals surface area contributed by atoms with E-state index in [0.29, 0.717) is 17.6 Å². The molecule has 1 aromatic heterocycles. The number of hydrogen-bond acceptors (Lipinski definition) is 3. The van der Waals surface area contributed by atoms with Crippen molar-refractivity contribution in [2.24, 2.45) is 0 Å². The molecule has 0 bridgehead atoms. The van der Waals surface area contributed by atoms with Gasteiger partial charge in [-0.25, -0.2) is 0 Å². The zero-order valence-electron chi connectivity index (χ0n) is 13.2. The molecule has 2 fully saturated rings. The van der Waals surface area contributed by atoms with Crippen molar-refractivity contribution in [3.8, 4) is 0 Å². The lowest BCUT2D eigenvalue weighted by Crippen LogP contribution is -2.64. The monoisotopic (exact) mass is 304 g/mol. The normalized spacial score (nSPS) is 33.0. The highest BCUT2D eigenvalue weighted by Crippen LogP contribution is 2.41. The third-order valence-electron chi connectivity index (χ3n) is 6.06. The fraction of sp³-hybridized carbons (Fsp3) is 0.778. The van der Waals surface area contributed by atoms with Crippen LogP contribution in [0.5, 0.6) is 0 Å². The first-order valence-electron chi connectivity index (χ1n) is 8.84. The van der Waals surface area contributed by atoms with Gasteiger partial charge in [-0.05, 0) is 56.0 Å². The van der Waals surface area contributed by atoms with E-state index in [1.807, 2.05) is 11.3 Å². The van der Waals surface area contributed by atoms with Crippen molar-refractivity contribution in [1.29, 1.82) is 0 Å². The summed E-state index contributed by atoms with van der Waals surface area (Å²) in [7, 11) is 0. The maximum absolute atomic E-state index is 3.93. The predicted octanol–water partition coefficient (Wildman–Crippen LogP) is 4.12. The second-order valence-electron chi connectivity index (χ2n) is 7.45. The first kappa shape index (κ1) is 14.2. The lowest BCUT2D eigenvalue weighted by atomic mass is 9.78. The number of nitrogens with one attached hydrogen (secondary N) is 1. The van der Waals surface area contributed by atoms with Crippen LogP contribution < -0.4 is 5.32 Å². The van der Waals surface area contributed by atoms with Crippen LogP contribution in [0.2, 0.25) is 0 Å². The summed E-state index contributed by atoms with van der Waals surface area (Å²) in [6.07, 6.45) is 11.1. The summed E-state index contributed by atoms with van der Waals surface area (Å²) in [5.41, 5.74) is 2.09. The van der Waals surface area contributed by atoms with Crippen molar-refractivity contribution in [3.63, 3.8) is 0 Å². The van der Waals surface area contributed by atoms with E-state index in [1.54, 1.807) is 10.4 Å². The molecule has 116 valence electrons. The average Bonchev–Trinajstić information content (AvgIpc) is 2.99. The van der Waals surface area contributed by atoms with E-state index in [1.165, 1.54) is 64.5 Å². The van der Waals surface area contributed by atoms with Gasteiger partial charge in [0, 0.05) is 35.6 Å². The van der Waals surface area contributed by atoms with Crippen LogP contribution in [0.25, 0.3) is 0 Å². The Balaban J connectivity index is 1.59. The summed E-state index contributed by atoms with van der Waals surface area (Å²) in [5.74, 6) is 0. The number of aryl methyl sites for hydroxylation is 1. The Kier molecular flexibility index (Phi) is 3.85. The molecule has 3 heteroatoms. The summed E-state index contributed by atoms with van der Waals surface area (Å²) < 4.78 is 0. The number of thiophene rings is 1. The van der Waals surface area contributed by atoms with Gasteiger partial charge in [0.2, 0.25) is 0 Å². The van der Waals surface area contributed by atoms with Gasteiger partial charge in [0.05, 0.1) is 0 Å². The Morgan fingerprint density at radius 3 is 2.95 bits per heavy atom. The standard InChI is InChI=1S/C18H28N2S/c1-14-12-19-18(9-3-2-4-10-18)13-20(14)16-6-5-7-17-15(16)8-11-21-17/h8,11,14,16,19H,2-7,9-10,12-13H2,1H3. The molecule has 1 saturated carbocycles. The maximum atomic E-state index is 3.93. The lowest BCUT2D eigenvalue weighted by molar-refractivity contribution is 0.0248. The Labute approximate surface area is 132 Å². The van der Waals surface area contributed by atoms with Crippen LogP contribution in [0.15, 0.2) is 11.4 Å². The molecule has 4 rings (SSSR count). The van der Waals surface area contributed by atoms with Gasteiger partial charge in [0.1, 0.15) is 0 Å². The minimum atomic E-state index is 0.429. The van der Waals surface area contributed by atoms with Gasteiger partial charge in [0.15, 0.2) is 0 Å². The molecule has 3 aliphatic rings. The largest absolute Gasteiger partial charge is 0.308 e. The zero-order valence-corrected chi connectivity index (χ0v) is 14.1. The molecule has 2 unspecified atom stereocenters. The van der Waals surface area contributed by atoms with Gasteiger partial charge in [-0.1, -0.05) is 19.3 Å². The second-order valence-corrected chi connectivity index (χ2v) is 8.45. The summed E-state index contributed by atoms with van der Waals surface area (Å²) >= 11 is 1.98. The minimum Gasteiger partial charge on any atom is -0.308 e. The summed E-state index contributed by atoms with van der Waals surface area (Å²) in [5, 5.41) is 6.24. The molecule has 1 N–H and O–H groups in total. The molecule has 0 aromatic carbocycles. The Morgan fingerprint density at radius 1 is 1.24 bits per heavy atom. The molecule has 2 aliphatic carbocycles. The highest BCUT2D eigenvalue weighted by atomic mass is 32.1. The summed E-state index contributed by atoms with van der Waals surface area (Å²) in [6.45, 7) is 4.87. The van der Waals surface area contributed by atoms with Crippen LogP contribution >= 0.6 is 11.3 Å².